The zero-order chi connectivity index (χ0) is 14.9. The van der Waals surface area contributed by atoms with Crippen LogP contribution in [-0.4, -0.2) is 64.7 Å². The largest absolute Gasteiger partial charge is 0.481 e. The Kier molecular flexibility index (Phi) is 4.06. The van der Waals surface area contributed by atoms with Gasteiger partial charge in [-0.2, -0.15) is 0 Å². The lowest BCUT2D eigenvalue weighted by molar-refractivity contribution is -0.139. The van der Waals surface area contributed by atoms with Crippen LogP contribution in [0.3, 0.4) is 0 Å². The fraction of sp³-hybridized carbons (Fsp3) is 0.867. The number of aliphatic carboxylic acids is 1. The van der Waals surface area contributed by atoms with Crippen LogP contribution < -0.4 is 5.32 Å². The summed E-state index contributed by atoms with van der Waals surface area (Å²) in [4.78, 5) is 27.8. The molecule has 1 aliphatic carbocycles. The number of urea groups is 1. The summed E-state index contributed by atoms with van der Waals surface area (Å²) in [6.07, 6.45) is 6.31. The normalized spacial score (nSPS) is 28.4. The number of hydrogen-bond donors (Lipinski definition) is 2. The second-order valence-corrected chi connectivity index (χ2v) is 6.77. The summed E-state index contributed by atoms with van der Waals surface area (Å²) in [7, 11) is 0. The number of fused-ring (bicyclic) bond motifs is 1. The molecule has 2 heterocycles. The molecule has 0 bridgehead atoms. The Labute approximate surface area is 125 Å². The number of carbonyl (C=O) groups excluding carboxylic acids is 1. The molecule has 1 saturated carbocycles. The summed E-state index contributed by atoms with van der Waals surface area (Å²) in [5, 5.41) is 12.0. The van der Waals surface area contributed by atoms with E-state index in [-0.39, 0.29) is 12.5 Å². The van der Waals surface area contributed by atoms with Crippen molar-refractivity contribution in [2.75, 3.05) is 26.2 Å². The van der Waals surface area contributed by atoms with Gasteiger partial charge in [-0.05, 0) is 38.6 Å². The van der Waals surface area contributed by atoms with Crippen LogP contribution in [0.1, 0.15) is 44.9 Å². The summed E-state index contributed by atoms with van der Waals surface area (Å²) >= 11 is 0. The van der Waals surface area contributed by atoms with E-state index >= 15 is 0 Å². The highest BCUT2D eigenvalue weighted by molar-refractivity contribution is 5.77. The van der Waals surface area contributed by atoms with Crippen molar-refractivity contribution < 1.29 is 14.7 Å². The van der Waals surface area contributed by atoms with Gasteiger partial charge in [0.1, 0.15) is 0 Å². The van der Waals surface area contributed by atoms with Crippen LogP contribution in [0.4, 0.5) is 4.79 Å². The SMILES string of the molecule is O=C(O)CC1(NC(=O)N2CCN3CCCCC3C2)CCC1. The predicted octanol–water partition coefficient (Wildman–Crippen LogP) is 1.26. The monoisotopic (exact) mass is 295 g/mol. The van der Waals surface area contributed by atoms with Crippen molar-refractivity contribution in [1.29, 1.82) is 0 Å². The summed E-state index contributed by atoms with van der Waals surface area (Å²) < 4.78 is 0. The van der Waals surface area contributed by atoms with Crippen molar-refractivity contribution in [1.82, 2.24) is 15.1 Å². The van der Waals surface area contributed by atoms with Gasteiger partial charge in [-0.15, -0.1) is 0 Å². The van der Waals surface area contributed by atoms with E-state index in [0.29, 0.717) is 6.04 Å². The maximum absolute atomic E-state index is 12.5. The summed E-state index contributed by atoms with van der Waals surface area (Å²) in [5.41, 5.74) is -0.493. The van der Waals surface area contributed by atoms with Gasteiger partial charge < -0.3 is 15.3 Å². The highest BCUT2D eigenvalue weighted by atomic mass is 16.4. The number of piperidine rings is 1. The van der Waals surface area contributed by atoms with Crippen molar-refractivity contribution >= 4 is 12.0 Å². The molecule has 21 heavy (non-hydrogen) atoms. The van der Waals surface area contributed by atoms with Crippen LogP contribution in [0.15, 0.2) is 0 Å². The number of carboxylic acids is 1. The van der Waals surface area contributed by atoms with E-state index in [2.05, 4.69) is 10.2 Å². The van der Waals surface area contributed by atoms with Crippen molar-refractivity contribution in [2.45, 2.75) is 56.5 Å². The third kappa shape index (κ3) is 3.15. The summed E-state index contributed by atoms with van der Waals surface area (Å²) in [6, 6.07) is 0.427. The fourth-order valence-corrected chi connectivity index (χ4v) is 3.89. The lowest BCUT2D eigenvalue weighted by atomic mass is 9.74. The molecule has 0 aromatic carbocycles. The highest BCUT2D eigenvalue weighted by Crippen LogP contribution is 2.35. The molecule has 3 rings (SSSR count). The fourth-order valence-electron chi connectivity index (χ4n) is 3.89. The topological polar surface area (TPSA) is 72.9 Å². The quantitative estimate of drug-likeness (QED) is 0.822. The molecule has 0 aromatic rings. The molecule has 6 heteroatoms. The zero-order valence-corrected chi connectivity index (χ0v) is 12.5. The number of carboxylic acid groups (broad SMARTS) is 1. The highest BCUT2D eigenvalue weighted by Gasteiger charge is 2.42. The second kappa shape index (κ2) is 5.83. The first kappa shape index (κ1) is 14.6. The number of rotatable bonds is 3. The zero-order valence-electron chi connectivity index (χ0n) is 12.5. The van der Waals surface area contributed by atoms with Crippen LogP contribution in [0, 0.1) is 0 Å². The smallest absolute Gasteiger partial charge is 0.317 e. The Morgan fingerprint density at radius 1 is 1.14 bits per heavy atom. The Bertz CT molecular complexity index is 422. The molecule has 1 unspecified atom stereocenters. The Morgan fingerprint density at radius 2 is 1.95 bits per heavy atom. The van der Waals surface area contributed by atoms with E-state index in [9.17, 15) is 9.59 Å². The van der Waals surface area contributed by atoms with E-state index in [1.165, 1.54) is 19.3 Å². The van der Waals surface area contributed by atoms with Gasteiger partial charge in [0.05, 0.1) is 12.0 Å². The summed E-state index contributed by atoms with van der Waals surface area (Å²) in [6.45, 7) is 3.65. The number of amides is 2. The minimum atomic E-state index is -0.827. The third-order valence-corrected chi connectivity index (χ3v) is 5.30. The van der Waals surface area contributed by atoms with Gasteiger partial charge in [-0.1, -0.05) is 6.42 Å². The third-order valence-electron chi connectivity index (χ3n) is 5.30. The first-order valence-corrected chi connectivity index (χ1v) is 8.11. The number of nitrogens with one attached hydrogen (secondary N) is 1. The molecule has 118 valence electrons. The number of nitrogens with zero attached hydrogens (tertiary/aromatic N) is 2. The van der Waals surface area contributed by atoms with Gasteiger partial charge in [0.15, 0.2) is 0 Å². The molecule has 0 spiro atoms. The van der Waals surface area contributed by atoms with Crippen molar-refractivity contribution in [2.24, 2.45) is 0 Å². The van der Waals surface area contributed by atoms with Crippen LogP contribution in [-0.2, 0) is 4.79 Å². The predicted molar refractivity (Wildman–Crippen MR) is 78.2 cm³/mol. The van der Waals surface area contributed by atoms with E-state index in [1.54, 1.807) is 0 Å². The van der Waals surface area contributed by atoms with E-state index in [4.69, 9.17) is 5.11 Å². The molecule has 2 aliphatic heterocycles. The average molecular weight is 295 g/mol. The molecular weight excluding hydrogens is 270 g/mol. The van der Waals surface area contributed by atoms with Crippen molar-refractivity contribution in [3.05, 3.63) is 0 Å². The van der Waals surface area contributed by atoms with Crippen molar-refractivity contribution in [3.63, 3.8) is 0 Å². The average Bonchev–Trinajstić information content (AvgIpc) is 2.43. The number of hydrogen-bond acceptors (Lipinski definition) is 3. The molecule has 3 fully saturated rings. The van der Waals surface area contributed by atoms with Gasteiger partial charge in [0.2, 0.25) is 0 Å². The lowest BCUT2D eigenvalue weighted by Crippen LogP contribution is -2.62. The molecule has 3 aliphatic rings. The molecule has 6 nitrogen and oxygen atoms in total. The van der Waals surface area contributed by atoms with Gasteiger partial charge >= 0.3 is 12.0 Å². The first-order valence-electron chi connectivity index (χ1n) is 8.11. The van der Waals surface area contributed by atoms with Crippen LogP contribution in [0.25, 0.3) is 0 Å². The van der Waals surface area contributed by atoms with Gasteiger partial charge in [-0.25, -0.2) is 4.79 Å². The minimum Gasteiger partial charge on any atom is -0.481 e. The van der Waals surface area contributed by atoms with Crippen LogP contribution >= 0.6 is 0 Å². The van der Waals surface area contributed by atoms with E-state index in [0.717, 1.165) is 45.4 Å². The van der Waals surface area contributed by atoms with Crippen LogP contribution in [0.5, 0.6) is 0 Å². The minimum absolute atomic E-state index is 0.0438. The van der Waals surface area contributed by atoms with Gasteiger partial charge in [0, 0.05) is 25.7 Å². The van der Waals surface area contributed by atoms with Crippen LogP contribution in [0.2, 0.25) is 0 Å². The maximum atomic E-state index is 12.5. The van der Waals surface area contributed by atoms with Gasteiger partial charge in [-0.3, -0.25) is 9.69 Å². The molecule has 1 atom stereocenters. The van der Waals surface area contributed by atoms with E-state index in [1.807, 2.05) is 4.90 Å². The molecule has 0 radical (unpaired) electrons. The first-order chi connectivity index (χ1) is 10.1. The molecular formula is C15H25N3O3. The molecule has 2 amide bonds. The molecule has 0 aromatic heterocycles. The summed E-state index contributed by atoms with van der Waals surface area (Å²) in [5.74, 6) is -0.827. The number of piperazine rings is 1. The maximum Gasteiger partial charge on any atom is 0.317 e. The van der Waals surface area contributed by atoms with Crippen molar-refractivity contribution in [3.8, 4) is 0 Å². The van der Waals surface area contributed by atoms with E-state index < -0.39 is 11.5 Å². The number of carbonyl (C=O) groups is 2. The Balaban J connectivity index is 1.56. The van der Waals surface area contributed by atoms with Gasteiger partial charge in [0.25, 0.3) is 0 Å². The standard InChI is InChI=1S/C15H25N3O3/c19-13(20)10-15(5-3-6-15)16-14(21)18-9-8-17-7-2-1-4-12(17)11-18/h12H,1-11H2,(H,16,21)(H,19,20). The molecule has 2 N–H and O–H groups in total. The second-order valence-electron chi connectivity index (χ2n) is 6.77. The lowest BCUT2D eigenvalue weighted by Gasteiger charge is -2.46. The Morgan fingerprint density at radius 3 is 2.62 bits per heavy atom. The Hall–Kier alpha value is -1.30. The molecule has 2 saturated heterocycles.